The largest absolute Gasteiger partial charge is 0.534 e. The first-order valence-corrected chi connectivity index (χ1v) is 36.1. The molecule has 0 spiro atoms. The van der Waals surface area contributed by atoms with E-state index in [0.29, 0.717) is 68.0 Å². The maximum absolute atomic E-state index is 12.6. The number of nitriles is 4. The Kier molecular flexibility index (Phi) is 23.8. The van der Waals surface area contributed by atoms with Gasteiger partial charge in [-0.25, -0.2) is 27.7 Å². The highest BCUT2D eigenvalue weighted by Gasteiger charge is 2.62. The molecule has 0 radical (unpaired) electrons. The van der Waals surface area contributed by atoms with Gasteiger partial charge in [0.1, 0.15) is 103 Å². The Hall–Kier alpha value is -12.8. The number of methoxy groups -OCH3 is 2. The molecule has 1 aliphatic heterocycles. The van der Waals surface area contributed by atoms with Crippen LogP contribution in [0.5, 0.6) is 23.0 Å². The van der Waals surface area contributed by atoms with E-state index in [9.17, 15) is 69.9 Å². The minimum Gasteiger partial charge on any atom is -0.506 e. The Labute approximate surface area is 636 Å². The Morgan fingerprint density at radius 3 is 1.16 bits per heavy atom. The van der Waals surface area contributed by atoms with Gasteiger partial charge in [0.2, 0.25) is 0 Å². The van der Waals surface area contributed by atoms with Crippen molar-refractivity contribution in [1.29, 1.82) is 21.0 Å². The average molecular weight is 1680 g/mol. The molecule has 1 saturated heterocycles. The van der Waals surface area contributed by atoms with E-state index in [2.05, 4.69) is 73.0 Å². The second-order valence-corrected chi connectivity index (χ2v) is 30.3. The minimum atomic E-state index is -6.81. The van der Waals surface area contributed by atoms with Crippen LogP contribution in [0.4, 0.5) is 50.9 Å². The SMILES string of the molecule is COc1cc(-c2cnn(C)c2)cn2ncc(C#N)c12.COc1cc(Br)cn2ncc(C#N)c12.Cn1cc(-c2cc(O)c3c(C#N)cnn3c2)cn1.Cn1cc(-c2cc(OS(=O)(=O)C(F)(F)F)c3c(C#N)cnn3c2)cn1.Cn1cc(N2OC(C)(C)C(C)(C)O2)cn1.O=S(=O)(N(c1ccccc1)S(=O)(=O)C(F)(F)F)C(F)(F)F. The molecule has 47 heteroatoms. The molecule has 1 aliphatic rings. The van der Waals surface area contributed by atoms with Crippen LogP contribution in [0.3, 0.4) is 0 Å². The maximum atomic E-state index is 12.6. The van der Waals surface area contributed by atoms with Crippen LogP contribution in [-0.2, 0) is 68.0 Å². The van der Waals surface area contributed by atoms with E-state index in [1.165, 1.54) is 45.4 Å². The van der Waals surface area contributed by atoms with E-state index in [1.54, 1.807) is 99.7 Å². The summed E-state index contributed by atoms with van der Waals surface area (Å²) in [4.78, 5) is 11.4. The third-order valence-corrected chi connectivity index (χ3v) is 20.8. The number of nitrogens with zero attached hydrogens (tertiary/aromatic N) is 22. The molecule has 0 unspecified atom stereocenters. The van der Waals surface area contributed by atoms with Crippen LogP contribution in [-0.4, -0.2) is 150 Å². The molecule has 13 aromatic rings. The molecule has 13 heterocycles. The van der Waals surface area contributed by atoms with Gasteiger partial charge in [-0.05, 0) is 80.0 Å². The quantitative estimate of drug-likeness (QED) is 0.0714. The van der Waals surface area contributed by atoms with Gasteiger partial charge in [0.25, 0.3) is 0 Å². The van der Waals surface area contributed by atoms with Crippen molar-refractivity contribution < 1.29 is 93.2 Å². The van der Waals surface area contributed by atoms with E-state index in [1.807, 2.05) is 85.8 Å². The summed E-state index contributed by atoms with van der Waals surface area (Å²) in [7, 11) is -9.20. The lowest BCUT2D eigenvalue weighted by molar-refractivity contribution is -0.0501. The van der Waals surface area contributed by atoms with Crippen LogP contribution in [0.15, 0.2) is 158 Å². The fourth-order valence-corrected chi connectivity index (χ4v) is 13.4. The first kappa shape index (κ1) is 83.2. The number of aromatic hydroxyl groups is 1. The lowest BCUT2D eigenvalue weighted by Gasteiger charge is -2.26. The summed E-state index contributed by atoms with van der Waals surface area (Å²) >= 11 is 3.33. The summed E-state index contributed by atoms with van der Waals surface area (Å²) in [6.07, 6.45) is 26.2. The lowest BCUT2D eigenvalue weighted by atomic mass is 9.90. The van der Waals surface area contributed by atoms with Gasteiger partial charge >= 0.3 is 46.7 Å². The third kappa shape index (κ3) is 17.6. The van der Waals surface area contributed by atoms with Crippen molar-refractivity contribution in [1.82, 2.24) is 77.6 Å². The Balaban J connectivity index is 0.000000156. The molecule has 14 rings (SSSR count). The summed E-state index contributed by atoms with van der Waals surface area (Å²) < 4.78 is 206. The molecule has 0 atom stereocenters. The standard InChI is InChI=1S/C13H8F3N5O3S.C13H11N5O.C12H9N5O.C10H17N3O2.C9H6BrN3O.C8H5F6NO4S2/c1-20-6-10(5-18-20)8-2-11(24-25(22,23)13(14,15)16)12-9(3-17)4-19-21(12)7-8;1-17-7-11(6-15-17)9-3-12(19-2)13-10(4-14)5-16-18(13)8-9;1-16-6-10(5-14-16)8-2-11(18)12-9(3-13)4-15-17(12)7-8;1-9(2)10(3,4)15-13(14-9)8-6-11-12(5)7-8;1-14-8-2-7(10)5-13-9(8)6(3-11)4-12-13;9-7(10,11)20(16,17)15(6-4-2-1-3-5-6)21(18,19)8(12,13)14/h2,4-7H,1H3;3,5-8H,1-2H3;2,4-7,18H,1H3;6-7H,1-5H3;2,4-5H,1H3;1-5H. The topological polar surface area (TPSA) is 411 Å². The number of fused-ring (bicyclic) bond motifs is 4. The van der Waals surface area contributed by atoms with Gasteiger partial charge in [0.15, 0.2) is 5.75 Å². The van der Waals surface area contributed by atoms with Gasteiger partial charge in [0.05, 0.1) is 75.7 Å². The van der Waals surface area contributed by atoms with Gasteiger partial charge in [-0.15, -0.1) is 8.94 Å². The molecule has 0 bridgehead atoms. The number of anilines is 2. The molecule has 12 aromatic heterocycles. The van der Waals surface area contributed by atoms with E-state index in [0.717, 1.165) is 67.4 Å². The Morgan fingerprint density at radius 2 is 0.804 bits per heavy atom. The number of rotatable bonds is 11. The number of benzene rings is 1. The Morgan fingerprint density at radius 1 is 0.455 bits per heavy atom. The predicted octanol–water partition coefficient (Wildman–Crippen LogP) is 10.6. The van der Waals surface area contributed by atoms with Crippen LogP contribution in [0.25, 0.3) is 55.4 Å². The number of ether oxygens (including phenoxy) is 2. The molecule has 0 aliphatic carbocycles. The maximum Gasteiger partial charge on any atom is 0.534 e. The predicted molar refractivity (Wildman–Crippen MR) is 379 cm³/mol. The molecule has 1 N–H and O–H groups in total. The molecule has 586 valence electrons. The van der Waals surface area contributed by atoms with E-state index in [4.69, 9.17) is 40.2 Å². The normalized spacial score (nSPS) is 13.3. The summed E-state index contributed by atoms with van der Waals surface area (Å²) in [5.41, 5.74) is -12.1. The number of hydrogen-bond donors (Lipinski definition) is 1. The summed E-state index contributed by atoms with van der Waals surface area (Å²) in [6, 6.07) is 18.1. The number of alkyl halides is 9. The van der Waals surface area contributed by atoms with Gasteiger partial charge in [0, 0.05) is 109 Å². The van der Waals surface area contributed by atoms with Crippen molar-refractivity contribution in [3.8, 4) is 80.7 Å². The van der Waals surface area contributed by atoms with Crippen molar-refractivity contribution >= 4 is 79.5 Å². The monoisotopic (exact) mass is 1680 g/mol. The fourth-order valence-electron chi connectivity index (χ4n) is 9.78. The number of pyridine rings is 4. The number of halogens is 10. The second-order valence-electron chi connectivity index (χ2n) is 24.0. The van der Waals surface area contributed by atoms with Gasteiger partial charge in [-0.3, -0.25) is 18.7 Å². The van der Waals surface area contributed by atoms with Crippen molar-refractivity contribution in [3.63, 3.8) is 0 Å². The van der Waals surface area contributed by atoms with Crippen molar-refractivity contribution in [2.75, 3.05) is 23.2 Å². The van der Waals surface area contributed by atoms with Crippen LogP contribution < -0.4 is 22.6 Å². The first-order chi connectivity index (χ1) is 52.3. The molecular formula is C65H56BrF9N22O12S3. The summed E-state index contributed by atoms with van der Waals surface area (Å²) in [5, 5.41) is 79.6. The van der Waals surface area contributed by atoms with Crippen molar-refractivity contribution in [3.05, 3.63) is 180 Å². The zero-order valence-electron chi connectivity index (χ0n) is 59.2. The van der Waals surface area contributed by atoms with Gasteiger partial charge < -0.3 is 18.8 Å². The molecular weight excluding hydrogens is 1630 g/mol. The van der Waals surface area contributed by atoms with Crippen molar-refractivity contribution in [2.24, 2.45) is 28.2 Å². The molecule has 0 saturated carbocycles. The third-order valence-electron chi connectivity index (χ3n) is 15.8. The number of aryl methyl sites for hydroxylation is 4. The summed E-state index contributed by atoms with van der Waals surface area (Å²) in [6.45, 7) is 8.01. The number of hydrogen-bond acceptors (Lipinski definition) is 25. The zero-order chi connectivity index (χ0) is 82.6. The highest BCUT2D eigenvalue weighted by atomic mass is 79.9. The van der Waals surface area contributed by atoms with Crippen LogP contribution >= 0.6 is 15.9 Å². The molecule has 1 aromatic carbocycles. The van der Waals surface area contributed by atoms with Gasteiger partial charge in [-0.1, -0.05) is 18.2 Å². The van der Waals surface area contributed by atoms with E-state index >= 15 is 0 Å². The summed E-state index contributed by atoms with van der Waals surface area (Å²) in [5.74, 6) is 0.627. The first-order valence-electron chi connectivity index (χ1n) is 31.1. The van der Waals surface area contributed by atoms with Gasteiger partial charge in [-0.2, -0.15) is 127 Å². The van der Waals surface area contributed by atoms with E-state index < -0.39 is 61.8 Å². The molecule has 0 amide bonds. The average Bonchev–Trinajstić information content (AvgIpc) is 1.04. The lowest BCUT2D eigenvalue weighted by Crippen LogP contribution is -2.49. The number of sulfonamides is 2. The number of aromatic nitrogens is 16. The number of para-hydroxylation sites is 1. The zero-order valence-corrected chi connectivity index (χ0v) is 63.3. The smallest absolute Gasteiger partial charge is 0.506 e. The van der Waals surface area contributed by atoms with E-state index in [-0.39, 0.29) is 28.0 Å². The molecule has 1 fully saturated rings. The minimum absolute atomic E-state index is 0.0328. The second kappa shape index (κ2) is 32.0. The highest BCUT2D eigenvalue weighted by molar-refractivity contribution is 9.10. The highest BCUT2D eigenvalue weighted by Crippen LogP contribution is 2.42. The van der Waals surface area contributed by atoms with Crippen LogP contribution in [0.2, 0.25) is 0 Å². The van der Waals surface area contributed by atoms with Crippen LogP contribution in [0.1, 0.15) is 49.9 Å². The Bertz CT molecular complexity index is 6140. The van der Waals surface area contributed by atoms with Crippen molar-refractivity contribution in [2.45, 2.75) is 55.4 Å². The van der Waals surface area contributed by atoms with Crippen LogP contribution in [0, 0.1) is 45.3 Å². The molecule has 112 heavy (non-hydrogen) atoms. The molecule has 34 nitrogen and oxygen atoms in total. The fraction of sp³-hybridized carbons (Fsp3) is 0.231.